The van der Waals surface area contributed by atoms with Crippen molar-refractivity contribution in [2.24, 2.45) is 0 Å². The van der Waals surface area contributed by atoms with E-state index in [1.165, 1.54) is 5.69 Å². The molecule has 0 aliphatic rings. The topological polar surface area (TPSA) is 29.3 Å². The van der Waals surface area contributed by atoms with E-state index in [2.05, 4.69) is 34.1 Å². The summed E-state index contributed by atoms with van der Waals surface area (Å²) in [6.07, 6.45) is 3.90. The van der Waals surface area contributed by atoms with Gasteiger partial charge in [0.15, 0.2) is 5.58 Å². The van der Waals surface area contributed by atoms with Gasteiger partial charge in [-0.2, -0.15) is 0 Å². The first-order chi connectivity index (χ1) is 9.72. The highest BCUT2D eigenvalue weighted by Gasteiger charge is 2.01. The molecule has 0 amide bonds. The van der Waals surface area contributed by atoms with E-state index in [0.29, 0.717) is 5.89 Å². The zero-order chi connectivity index (χ0) is 13.9. The molecular weight excluding hydrogens is 248 g/mol. The lowest BCUT2D eigenvalue weighted by molar-refractivity contribution is 0.590. The normalized spacial score (nSPS) is 11.3. The molecule has 0 spiro atoms. The molecule has 3 aromatic rings. The Labute approximate surface area is 118 Å². The first kappa shape index (κ1) is 12.5. The van der Waals surface area contributed by atoms with Crippen LogP contribution in [0.2, 0.25) is 0 Å². The van der Waals surface area contributed by atoms with Gasteiger partial charge in [0.2, 0.25) is 5.89 Å². The molecule has 1 heterocycles. The summed E-state index contributed by atoms with van der Waals surface area (Å²) in [6.45, 7) is 0. The number of hydrogen-bond acceptors (Lipinski definition) is 3. The highest BCUT2D eigenvalue weighted by atomic mass is 16.3. The molecule has 20 heavy (non-hydrogen) atoms. The number of oxazole rings is 1. The summed E-state index contributed by atoms with van der Waals surface area (Å²) >= 11 is 0. The highest BCUT2D eigenvalue weighted by molar-refractivity contribution is 5.76. The quantitative estimate of drug-likeness (QED) is 0.714. The van der Waals surface area contributed by atoms with Gasteiger partial charge in [-0.15, -0.1) is 0 Å². The predicted molar refractivity (Wildman–Crippen MR) is 83.7 cm³/mol. The lowest BCUT2D eigenvalue weighted by atomic mass is 10.2. The van der Waals surface area contributed by atoms with E-state index in [-0.39, 0.29) is 0 Å². The summed E-state index contributed by atoms with van der Waals surface area (Å²) in [5, 5.41) is 0. The fourth-order valence-corrected chi connectivity index (χ4v) is 2.01. The minimum atomic E-state index is 0.628. The summed E-state index contributed by atoms with van der Waals surface area (Å²) in [6, 6.07) is 16.1. The van der Waals surface area contributed by atoms with Gasteiger partial charge in [-0.25, -0.2) is 4.98 Å². The van der Waals surface area contributed by atoms with Crippen LogP contribution in [0.25, 0.3) is 23.3 Å². The summed E-state index contributed by atoms with van der Waals surface area (Å²) < 4.78 is 5.65. The van der Waals surface area contributed by atoms with Crippen LogP contribution in [0.3, 0.4) is 0 Å². The van der Waals surface area contributed by atoms with Crippen LogP contribution in [0.1, 0.15) is 11.5 Å². The number of nitrogens with zero attached hydrogens (tertiary/aromatic N) is 2. The van der Waals surface area contributed by atoms with E-state index >= 15 is 0 Å². The van der Waals surface area contributed by atoms with Crippen molar-refractivity contribution in [3.63, 3.8) is 0 Å². The van der Waals surface area contributed by atoms with Gasteiger partial charge in [0.25, 0.3) is 0 Å². The molecule has 0 radical (unpaired) electrons. The van der Waals surface area contributed by atoms with Gasteiger partial charge >= 0.3 is 0 Å². The van der Waals surface area contributed by atoms with Crippen LogP contribution < -0.4 is 4.90 Å². The number of hydrogen-bond donors (Lipinski definition) is 0. The third-order valence-electron chi connectivity index (χ3n) is 3.14. The molecule has 0 aliphatic heterocycles. The molecule has 2 aromatic carbocycles. The molecule has 3 rings (SSSR count). The smallest absolute Gasteiger partial charge is 0.220 e. The number of para-hydroxylation sites is 2. The fraction of sp³-hybridized carbons (Fsp3) is 0.118. The van der Waals surface area contributed by atoms with E-state index < -0.39 is 0 Å². The largest absolute Gasteiger partial charge is 0.437 e. The lowest BCUT2D eigenvalue weighted by Gasteiger charge is -2.11. The Morgan fingerprint density at radius 1 is 0.950 bits per heavy atom. The predicted octanol–water partition coefficient (Wildman–Crippen LogP) is 4.06. The molecule has 1 aromatic heterocycles. The van der Waals surface area contributed by atoms with Gasteiger partial charge in [-0.3, -0.25) is 0 Å². The average molecular weight is 264 g/mol. The molecule has 0 fully saturated rings. The Morgan fingerprint density at radius 2 is 1.70 bits per heavy atom. The molecule has 0 saturated carbocycles. The first-order valence-electron chi connectivity index (χ1n) is 6.53. The van der Waals surface area contributed by atoms with Crippen LogP contribution in [0.4, 0.5) is 5.69 Å². The van der Waals surface area contributed by atoms with E-state index in [4.69, 9.17) is 4.42 Å². The van der Waals surface area contributed by atoms with E-state index in [0.717, 1.165) is 16.7 Å². The van der Waals surface area contributed by atoms with Gasteiger partial charge in [0.05, 0.1) is 0 Å². The van der Waals surface area contributed by atoms with Gasteiger partial charge in [0.1, 0.15) is 5.52 Å². The van der Waals surface area contributed by atoms with Crippen LogP contribution in [0.5, 0.6) is 0 Å². The van der Waals surface area contributed by atoms with E-state index in [9.17, 15) is 0 Å². The fourth-order valence-electron chi connectivity index (χ4n) is 2.01. The number of rotatable bonds is 3. The summed E-state index contributed by atoms with van der Waals surface area (Å²) in [4.78, 5) is 6.49. The molecule has 0 saturated heterocycles. The van der Waals surface area contributed by atoms with Gasteiger partial charge in [-0.1, -0.05) is 24.3 Å². The Balaban J connectivity index is 1.82. The van der Waals surface area contributed by atoms with Crippen molar-refractivity contribution >= 4 is 28.9 Å². The van der Waals surface area contributed by atoms with Crippen molar-refractivity contribution in [1.29, 1.82) is 0 Å². The first-order valence-corrected chi connectivity index (χ1v) is 6.53. The van der Waals surface area contributed by atoms with Gasteiger partial charge in [0, 0.05) is 25.9 Å². The molecular formula is C17H16N2O. The number of anilines is 1. The maximum atomic E-state index is 5.65. The van der Waals surface area contributed by atoms with Crippen molar-refractivity contribution in [1.82, 2.24) is 4.98 Å². The molecule has 100 valence electrons. The van der Waals surface area contributed by atoms with Crippen LogP contribution in [-0.4, -0.2) is 19.1 Å². The van der Waals surface area contributed by atoms with Crippen LogP contribution in [-0.2, 0) is 0 Å². The number of aromatic nitrogens is 1. The molecule has 3 nitrogen and oxygen atoms in total. The van der Waals surface area contributed by atoms with Crippen molar-refractivity contribution in [2.45, 2.75) is 0 Å². The van der Waals surface area contributed by atoms with Gasteiger partial charge < -0.3 is 9.32 Å². The monoisotopic (exact) mass is 264 g/mol. The standard InChI is InChI=1S/C17H16N2O/c1-19(2)14-10-7-13(8-11-14)9-12-17-18-15-5-3-4-6-16(15)20-17/h3-12H,1-2H3. The van der Waals surface area contributed by atoms with Crippen LogP contribution >= 0.6 is 0 Å². The molecule has 3 heteroatoms. The SMILES string of the molecule is CN(C)c1ccc(C=Cc2nc3ccccc3o2)cc1. The molecule has 0 aliphatic carbocycles. The summed E-state index contributed by atoms with van der Waals surface area (Å²) in [5.41, 5.74) is 4.01. The second kappa shape index (κ2) is 5.21. The Hall–Kier alpha value is -2.55. The van der Waals surface area contributed by atoms with Gasteiger partial charge in [-0.05, 0) is 35.9 Å². The van der Waals surface area contributed by atoms with Crippen molar-refractivity contribution in [3.05, 3.63) is 60.0 Å². The second-order valence-electron chi connectivity index (χ2n) is 4.84. The Kier molecular flexibility index (Phi) is 3.25. The second-order valence-corrected chi connectivity index (χ2v) is 4.84. The summed E-state index contributed by atoms with van der Waals surface area (Å²) in [7, 11) is 4.06. The van der Waals surface area contributed by atoms with E-state index in [1.807, 2.05) is 50.5 Å². The van der Waals surface area contributed by atoms with E-state index in [1.54, 1.807) is 0 Å². The van der Waals surface area contributed by atoms with Crippen molar-refractivity contribution < 1.29 is 4.42 Å². The number of fused-ring (bicyclic) bond motifs is 1. The zero-order valence-electron chi connectivity index (χ0n) is 11.6. The minimum absolute atomic E-state index is 0.628. The molecule has 0 atom stereocenters. The average Bonchev–Trinajstić information content (AvgIpc) is 2.88. The Bertz CT molecular complexity index is 706. The molecule has 0 unspecified atom stereocenters. The molecule has 0 N–H and O–H groups in total. The maximum Gasteiger partial charge on any atom is 0.220 e. The minimum Gasteiger partial charge on any atom is -0.437 e. The number of benzene rings is 2. The maximum absolute atomic E-state index is 5.65. The highest BCUT2D eigenvalue weighted by Crippen LogP contribution is 2.18. The molecule has 0 bridgehead atoms. The lowest BCUT2D eigenvalue weighted by Crippen LogP contribution is -2.07. The summed E-state index contributed by atoms with van der Waals surface area (Å²) in [5.74, 6) is 0.628. The Morgan fingerprint density at radius 3 is 2.40 bits per heavy atom. The van der Waals surface area contributed by atoms with Crippen molar-refractivity contribution in [2.75, 3.05) is 19.0 Å². The van der Waals surface area contributed by atoms with Crippen LogP contribution in [0, 0.1) is 0 Å². The third kappa shape index (κ3) is 2.57. The van der Waals surface area contributed by atoms with Crippen molar-refractivity contribution in [3.8, 4) is 0 Å². The van der Waals surface area contributed by atoms with Crippen LogP contribution in [0.15, 0.2) is 52.9 Å². The zero-order valence-corrected chi connectivity index (χ0v) is 11.6. The third-order valence-corrected chi connectivity index (χ3v) is 3.14.